The Morgan fingerprint density at radius 2 is 2.10 bits per heavy atom. The zero-order chi connectivity index (χ0) is 14.4. The second-order valence-electron chi connectivity index (χ2n) is 5.55. The average molecular weight is 297 g/mol. The average Bonchev–Trinajstić information content (AvgIpc) is 2.50. The van der Waals surface area contributed by atoms with Gasteiger partial charge in [-0.15, -0.1) is 0 Å². The summed E-state index contributed by atoms with van der Waals surface area (Å²) in [6.07, 6.45) is 4.67. The molecule has 0 aliphatic carbocycles. The third kappa shape index (κ3) is 4.19. The van der Waals surface area contributed by atoms with Crippen molar-refractivity contribution in [3.8, 4) is 0 Å². The van der Waals surface area contributed by atoms with Crippen molar-refractivity contribution < 1.29 is 5.11 Å². The summed E-state index contributed by atoms with van der Waals surface area (Å²) in [7, 11) is 2.00. The molecule has 0 saturated carbocycles. The molecule has 1 heterocycles. The van der Waals surface area contributed by atoms with E-state index in [-0.39, 0.29) is 6.61 Å². The van der Waals surface area contributed by atoms with Gasteiger partial charge in [0.05, 0.1) is 6.61 Å². The molecule has 0 radical (unpaired) electrons. The van der Waals surface area contributed by atoms with Gasteiger partial charge in [0.25, 0.3) is 0 Å². The van der Waals surface area contributed by atoms with Crippen LogP contribution >= 0.6 is 11.6 Å². The first-order valence-electron chi connectivity index (χ1n) is 7.52. The number of aliphatic hydroxyl groups is 1. The van der Waals surface area contributed by atoms with Gasteiger partial charge in [0.15, 0.2) is 0 Å². The summed E-state index contributed by atoms with van der Waals surface area (Å²) >= 11 is 5.94. The first kappa shape index (κ1) is 15.8. The fourth-order valence-corrected chi connectivity index (χ4v) is 3.15. The number of hydrogen-bond donors (Lipinski definition) is 2. The molecule has 2 unspecified atom stereocenters. The van der Waals surface area contributed by atoms with Gasteiger partial charge in [-0.1, -0.05) is 30.2 Å². The first-order valence-corrected chi connectivity index (χ1v) is 7.90. The number of piperidine rings is 1. The Hall–Kier alpha value is -0.610. The van der Waals surface area contributed by atoms with E-state index in [4.69, 9.17) is 11.6 Å². The summed E-state index contributed by atoms with van der Waals surface area (Å²) in [5.74, 6) is 0. The molecule has 2 atom stereocenters. The molecule has 2 rings (SSSR count). The van der Waals surface area contributed by atoms with E-state index in [2.05, 4.69) is 22.3 Å². The number of likely N-dealkylation sites (tertiary alicyclic amines) is 1. The Kier molecular flexibility index (Phi) is 6.30. The molecule has 1 fully saturated rings. The van der Waals surface area contributed by atoms with E-state index in [1.807, 2.05) is 19.2 Å². The maximum atomic E-state index is 9.46. The molecule has 1 saturated heterocycles. The van der Waals surface area contributed by atoms with Crippen molar-refractivity contribution in [1.29, 1.82) is 0 Å². The molecule has 2 N–H and O–H groups in total. The van der Waals surface area contributed by atoms with Gasteiger partial charge in [0, 0.05) is 23.7 Å². The standard InChI is InChI=1S/C16H25ClN2O/c1-18-16(13-5-7-14(17)8-6-13)9-11-19-10-3-2-4-15(19)12-20/h5-8,15-16,18,20H,2-4,9-12H2,1H3. The van der Waals surface area contributed by atoms with Crippen LogP contribution in [0.1, 0.15) is 37.3 Å². The van der Waals surface area contributed by atoms with Crippen LogP contribution in [-0.2, 0) is 0 Å². The molecule has 1 aliphatic rings. The van der Waals surface area contributed by atoms with Gasteiger partial charge in [-0.2, -0.15) is 0 Å². The van der Waals surface area contributed by atoms with Gasteiger partial charge in [-0.25, -0.2) is 0 Å². The normalized spacial score (nSPS) is 21.9. The minimum atomic E-state index is 0.283. The fraction of sp³-hybridized carbons (Fsp3) is 0.625. The van der Waals surface area contributed by atoms with Crippen LogP contribution in [0.15, 0.2) is 24.3 Å². The van der Waals surface area contributed by atoms with Crippen LogP contribution in [0.3, 0.4) is 0 Å². The highest BCUT2D eigenvalue weighted by molar-refractivity contribution is 6.30. The predicted molar refractivity (Wildman–Crippen MR) is 84.2 cm³/mol. The van der Waals surface area contributed by atoms with Crippen molar-refractivity contribution in [3.63, 3.8) is 0 Å². The van der Waals surface area contributed by atoms with Gasteiger partial charge >= 0.3 is 0 Å². The van der Waals surface area contributed by atoms with Crippen molar-refractivity contribution in [1.82, 2.24) is 10.2 Å². The maximum absolute atomic E-state index is 9.46. The molecule has 112 valence electrons. The lowest BCUT2D eigenvalue weighted by molar-refractivity contribution is 0.0867. The predicted octanol–water partition coefficient (Wildman–Crippen LogP) is 2.84. The lowest BCUT2D eigenvalue weighted by atomic mass is 10.00. The lowest BCUT2D eigenvalue weighted by Gasteiger charge is -2.35. The molecule has 0 bridgehead atoms. The number of nitrogens with zero attached hydrogens (tertiary/aromatic N) is 1. The minimum Gasteiger partial charge on any atom is -0.395 e. The van der Waals surface area contributed by atoms with E-state index >= 15 is 0 Å². The highest BCUT2D eigenvalue weighted by Crippen LogP contribution is 2.22. The van der Waals surface area contributed by atoms with Gasteiger partial charge in [-0.05, 0) is 50.6 Å². The number of halogens is 1. The monoisotopic (exact) mass is 296 g/mol. The summed E-state index contributed by atoms with van der Waals surface area (Å²) in [6, 6.07) is 8.75. The number of benzene rings is 1. The molecule has 0 amide bonds. The van der Waals surface area contributed by atoms with E-state index in [1.165, 1.54) is 18.4 Å². The van der Waals surface area contributed by atoms with Crippen molar-refractivity contribution in [2.75, 3.05) is 26.7 Å². The van der Waals surface area contributed by atoms with Crippen molar-refractivity contribution >= 4 is 11.6 Å². The molecular weight excluding hydrogens is 272 g/mol. The second-order valence-corrected chi connectivity index (χ2v) is 5.99. The van der Waals surface area contributed by atoms with Crippen LogP contribution < -0.4 is 5.32 Å². The largest absolute Gasteiger partial charge is 0.395 e. The number of aliphatic hydroxyl groups excluding tert-OH is 1. The van der Waals surface area contributed by atoms with E-state index in [1.54, 1.807) is 0 Å². The highest BCUT2D eigenvalue weighted by Gasteiger charge is 2.22. The number of rotatable bonds is 6. The molecule has 1 aromatic carbocycles. The Bertz CT molecular complexity index is 396. The summed E-state index contributed by atoms with van der Waals surface area (Å²) in [5, 5.41) is 13.6. The summed E-state index contributed by atoms with van der Waals surface area (Å²) in [5.41, 5.74) is 1.27. The van der Waals surface area contributed by atoms with E-state index in [0.29, 0.717) is 12.1 Å². The van der Waals surface area contributed by atoms with Crippen molar-refractivity contribution in [2.45, 2.75) is 37.8 Å². The lowest BCUT2D eigenvalue weighted by Crippen LogP contribution is -2.43. The third-order valence-corrected chi connectivity index (χ3v) is 4.54. The first-order chi connectivity index (χ1) is 9.74. The van der Waals surface area contributed by atoms with Crippen LogP contribution in [-0.4, -0.2) is 42.8 Å². The van der Waals surface area contributed by atoms with E-state index in [9.17, 15) is 5.11 Å². The van der Waals surface area contributed by atoms with Gasteiger partial charge in [0.2, 0.25) is 0 Å². The second kappa shape index (κ2) is 7.99. The van der Waals surface area contributed by atoms with E-state index in [0.717, 1.165) is 31.0 Å². The third-order valence-electron chi connectivity index (χ3n) is 4.29. The van der Waals surface area contributed by atoms with Crippen LogP contribution in [0.2, 0.25) is 5.02 Å². The van der Waals surface area contributed by atoms with Crippen molar-refractivity contribution in [2.24, 2.45) is 0 Å². The summed E-state index contributed by atoms with van der Waals surface area (Å²) in [4.78, 5) is 2.43. The maximum Gasteiger partial charge on any atom is 0.0586 e. The molecular formula is C16H25ClN2O. The van der Waals surface area contributed by atoms with Crippen LogP contribution in [0.25, 0.3) is 0 Å². The minimum absolute atomic E-state index is 0.283. The topological polar surface area (TPSA) is 35.5 Å². The zero-order valence-electron chi connectivity index (χ0n) is 12.2. The summed E-state index contributed by atoms with van der Waals surface area (Å²) < 4.78 is 0. The molecule has 1 aromatic rings. The van der Waals surface area contributed by atoms with E-state index < -0.39 is 0 Å². The SMILES string of the molecule is CNC(CCN1CCCCC1CO)c1ccc(Cl)cc1. The molecule has 3 nitrogen and oxygen atoms in total. The summed E-state index contributed by atoms with van der Waals surface area (Å²) in [6.45, 7) is 2.42. The Balaban J connectivity index is 1.91. The zero-order valence-corrected chi connectivity index (χ0v) is 12.9. The highest BCUT2D eigenvalue weighted by atomic mass is 35.5. The van der Waals surface area contributed by atoms with Gasteiger partial charge in [0.1, 0.15) is 0 Å². The van der Waals surface area contributed by atoms with Crippen LogP contribution in [0, 0.1) is 0 Å². The molecule has 0 spiro atoms. The number of hydrogen-bond acceptors (Lipinski definition) is 3. The molecule has 0 aromatic heterocycles. The quantitative estimate of drug-likeness (QED) is 0.847. The number of nitrogens with one attached hydrogen (secondary N) is 1. The van der Waals surface area contributed by atoms with Gasteiger partial charge in [-0.3, -0.25) is 4.90 Å². The Morgan fingerprint density at radius 1 is 1.35 bits per heavy atom. The Morgan fingerprint density at radius 3 is 2.75 bits per heavy atom. The molecule has 20 heavy (non-hydrogen) atoms. The van der Waals surface area contributed by atoms with Crippen LogP contribution in [0.5, 0.6) is 0 Å². The van der Waals surface area contributed by atoms with Crippen LogP contribution in [0.4, 0.5) is 0 Å². The fourth-order valence-electron chi connectivity index (χ4n) is 3.03. The van der Waals surface area contributed by atoms with Gasteiger partial charge < -0.3 is 10.4 Å². The smallest absolute Gasteiger partial charge is 0.0586 e. The molecule has 1 aliphatic heterocycles. The Labute approximate surface area is 126 Å². The van der Waals surface area contributed by atoms with Crippen molar-refractivity contribution in [3.05, 3.63) is 34.9 Å². The molecule has 4 heteroatoms.